The number of imidazole rings is 2. The molecule has 0 saturated heterocycles. The van der Waals surface area contributed by atoms with Crippen LogP contribution in [0.1, 0.15) is 24.6 Å². The van der Waals surface area contributed by atoms with Gasteiger partial charge in [-0.25, -0.2) is 9.97 Å². The zero-order valence-electron chi connectivity index (χ0n) is 14.5. The van der Waals surface area contributed by atoms with Gasteiger partial charge in [0.05, 0.1) is 16.6 Å². The van der Waals surface area contributed by atoms with Gasteiger partial charge < -0.3 is 0 Å². The maximum atomic E-state index is 4.99. The Morgan fingerprint density at radius 3 is 2.46 bits per heavy atom. The Labute approximate surface area is 153 Å². The molecule has 0 saturated carbocycles. The van der Waals surface area contributed by atoms with Gasteiger partial charge in [0.15, 0.2) is 5.65 Å². The van der Waals surface area contributed by atoms with Crippen LogP contribution in [0.3, 0.4) is 0 Å². The number of nitrogens with zero attached hydrogens (tertiary/aromatic N) is 4. The summed E-state index contributed by atoms with van der Waals surface area (Å²) in [6, 6.07) is 19.0. The second-order valence-electron chi connectivity index (χ2n) is 7.02. The lowest BCUT2D eigenvalue weighted by Crippen LogP contribution is -1.97. The molecule has 26 heavy (non-hydrogen) atoms. The predicted octanol–water partition coefficient (Wildman–Crippen LogP) is 5.63. The van der Waals surface area contributed by atoms with Crippen LogP contribution >= 0.6 is 11.3 Å². The third-order valence-electron chi connectivity index (χ3n) is 5.05. The van der Waals surface area contributed by atoms with Crippen molar-refractivity contribution in [3.8, 4) is 0 Å². The van der Waals surface area contributed by atoms with Crippen molar-refractivity contribution in [2.75, 3.05) is 0 Å². The number of hydrogen-bond donors (Lipinski definition) is 0. The van der Waals surface area contributed by atoms with Crippen LogP contribution in [-0.2, 0) is 0 Å². The van der Waals surface area contributed by atoms with Gasteiger partial charge in [0, 0.05) is 10.3 Å². The Bertz CT molecular complexity index is 1470. The molecule has 0 unspecified atom stereocenters. The molecular weight excluding hydrogens is 340 g/mol. The Morgan fingerprint density at radius 2 is 1.62 bits per heavy atom. The Balaban J connectivity index is 1.96. The van der Waals surface area contributed by atoms with Gasteiger partial charge in [-0.2, -0.15) is 0 Å². The number of fused-ring (bicyclic) bond motifs is 10. The van der Waals surface area contributed by atoms with Crippen molar-refractivity contribution in [1.29, 1.82) is 0 Å². The third-order valence-corrected chi connectivity index (χ3v) is 6.46. The van der Waals surface area contributed by atoms with E-state index in [1.807, 2.05) is 17.4 Å². The highest BCUT2D eigenvalue weighted by atomic mass is 32.1. The van der Waals surface area contributed by atoms with E-state index in [4.69, 9.17) is 9.97 Å². The van der Waals surface area contributed by atoms with Crippen molar-refractivity contribution in [3.63, 3.8) is 0 Å². The summed E-state index contributed by atoms with van der Waals surface area (Å²) in [5.41, 5.74) is 5.32. The number of hydrogen-bond acceptors (Lipinski definition) is 3. The fraction of sp³-hybridized carbons (Fsp3) is 0.143. The standard InChI is InChI=1S/C21H16N4S/c1-12(2)18-11-15-20(26-18)25-19(22-15)13-7-3-5-9-16(13)24-17-10-6-4-8-14(17)23-21(24)25/h3-12H,1-2H3. The van der Waals surface area contributed by atoms with Crippen LogP contribution in [-0.4, -0.2) is 18.8 Å². The third kappa shape index (κ3) is 1.68. The Hall–Kier alpha value is -2.92. The minimum atomic E-state index is 0.500. The maximum absolute atomic E-state index is 4.99. The van der Waals surface area contributed by atoms with Gasteiger partial charge in [-0.1, -0.05) is 38.1 Å². The van der Waals surface area contributed by atoms with Crippen molar-refractivity contribution in [2.45, 2.75) is 19.8 Å². The number of aromatic nitrogens is 4. The molecule has 126 valence electrons. The van der Waals surface area contributed by atoms with Gasteiger partial charge in [0.2, 0.25) is 5.78 Å². The first kappa shape index (κ1) is 14.3. The van der Waals surface area contributed by atoms with Gasteiger partial charge >= 0.3 is 0 Å². The first-order valence-corrected chi connectivity index (χ1v) is 9.64. The average molecular weight is 356 g/mol. The average Bonchev–Trinajstić information content (AvgIpc) is 3.31. The lowest BCUT2D eigenvalue weighted by Gasteiger charge is -2.06. The molecule has 0 amide bonds. The largest absolute Gasteiger partial charge is 0.277 e. The smallest absolute Gasteiger partial charge is 0.222 e. The maximum Gasteiger partial charge on any atom is 0.222 e. The number of thiophene rings is 1. The minimum Gasteiger partial charge on any atom is -0.277 e. The van der Waals surface area contributed by atoms with E-state index in [1.165, 1.54) is 9.71 Å². The lowest BCUT2D eigenvalue weighted by molar-refractivity contribution is 0.890. The summed E-state index contributed by atoms with van der Waals surface area (Å²) in [5.74, 6) is 1.43. The summed E-state index contributed by atoms with van der Waals surface area (Å²) in [7, 11) is 0. The Morgan fingerprint density at radius 1 is 0.846 bits per heavy atom. The zero-order valence-corrected chi connectivity index (χ0v) is 15.3. The predicted molar refractivity (Wildman–Crippen MR) is 108 cm³/mol. The number of benzene rings is 2. The summed E-state index contributed by atoms with van der Waals surface area (Å²) < 4.78 is 4.49. The van der Waals surface area contributed by atoms with Gasteiger partial charge in [-0.3, -0.25) is 8.80 Å². The fourth-order valence-electron chi connectivity index (χ4n) is 3.80. The van der Waals surface area contributed by atoms with Gasteiger partial charge in [0.1, 0.15) is 10.3 Å². The van der Waals surface area contributed by atoms with E-state index in [1.54, 1.807) is 0 Å². The number of rotatable bonds is 1. The molecule has 4 nitrogen and oxygen atoms in total. The second kappa shape index (κ2) is 4.83. The summed E-state index contributed by atoms with van der Waals surface area (Å²) in [5, 5.41) is 1.15. The summed E-state index contributed by atoms with van der Waals surface area (Å²) in [6.45, 7) is 4.46. The molecule has 0 aliphatic rings. The highest BCUT2D eigenvalue weighted by molar-refractivity contribution is 7.18. The van der Waals surface area contributed by atoms with Gasteiger partial charge in [-0.15, -0.1) is 11.3 Å². The van der Waals surface area contributed by atoms with E-state index in [-0.39, 0.29) is 0 Å². The van der Waals surface area contributed by atoms with E-state index in [0.29, 0.717) is 5.92 Å². The first-order chi connectivity index (χ1) is 12.7. The van der Waals surface area contributed by atoms with Crippen LogP contribution in [0.25, 0.3) is 43.7 Å². The lowest BCUT2D eigenvalue weighted by atomic mass is 10.2. The van der Waals surface area contributed by atoms with Crippen LogP contribution in [0.15, 0.2) is 54.6 Å². The van der Waals surface area contributed by atoms with E-state index < -0.39 is 0 Å². The summed E-state index contributed by atoms with van der Waals surface area (Å²) in [4.78, 5) is 12.5. The number of para-hydroxylation sites is 3. The normalized spacial score (nSPS) is 12.6. The topological polar surface area (TPSA) is 34.6 Å². The van der Waals surface area contributed by atoms with Gasteiger partial charge in [0.25, 0.3) is 0 Å². The molecule has 2 aromatic carbocycles. The highest BCUT2D eigenvalue weighted by Crippen LogP contribution is 2.35. The molecule has 6 aromatic rings. The molecule has 4 aromatic heterocycles. The molecule has 0 bridgehead atoms. The second-order valence-corrected chi connectivity index (χ2v) is 8.08. The van der Waals surface area contributed by atoms with Crippen molar-refractivity contribution < 1.29 is 0 Å². The molecular formula is C21H16N4S. The quantitative estimate of drug-likeness (QED) is 0.383. The molecule has 5 heteroatoms. The summed E-state index contributed by atoms with van der Waals surface area (Å²) in [6.07, 6.45) is 0. The van der Waals surface area contributed by atoms with Crippen LogP contribution < -0.4 is 0 Å². The van der Waals surface area contributed by atoms with Crippen molar-refractivity contribution >= 4 is 55.0 Å². The van der Waals surface area contributed by atoms with Crippen molar-refractivity contribution in [1.82, 2.24) is 18.8 Å². The van der Waals surface area contributed by atoms with Crippen molar-refractivity contribution in [3.05, 3.63) is 59.5 Å². The molecule has 0 spiro atoms. The monoisotopic (exact) mass is 356 g/mol. The van der Waals surface area contributed by atoms with E-state index in [2.05, 4.69) is 71.2 Å². The molecule has 6 rings (SSSR count). The minimum absolute atomic E-state index is 0.500. The molecule has 0 fully saturated rings. The molecule has 0 atom stereocenters. The van der Waals surface area contributed by atoms with E-state index in [0.717, 1.165) is 38.9 Å². The van der Waals surface area contributed by atoms with Crippen LogP contribution in [0.4, 0.5) is 0 Å². The molecule has 0 radical (unpaired) electrons. The van der Waals surface area contributed by atoms with Crippen LogP contribution in [0.5, 0.6) is 0 Å². The van der Waals surface area contributed by atoms with Crippen LogP contribution in [0, 0.1) is 0 Å². The highest BCUT2D eigenvalue weighted by Gasteiger charge is 2.19. The Kier molecular flexibility index (Phi) is 2.65. The molecule has 0 aliphatic heterocycles. The van der Waals surface area contributed by atoms with E-state index >= 15 is 0 Å². The SMILES string of the molecule is CC(C)c1cc2nc3c4ccccc4n4c5ccccc5nc4n3c2s1. The van der Waals surface area contributed by atoms with Crippen molar-refractivity contribution in [2.24, 2.45) is 0 Å². The fourth-order valence-corrected chi connectivity index (χ4v) is 4.90. The molecule has 4 heterocycles. The molecule has 0 aliphatic carbocycles. The van der Waals surface area contributed by atoms with Gasteiger partial charge in [-0.05, 0) is 36.2 Å². The molecule has 0 N–H and O–H groups in total. The first-order valence-electron chi connectivity index (χ1n) is 8.82. The zero-order chi connectivity index (χ0) is 17.4. The van der Waals surface area contributed by atoms with E-state index in [9.17, 15) is 0 Å². The summed E-state index contributed by atoms with van der Waals surface area (Å²) >= 11 is 1.82. The van der Waals surface area contributed by atoms with Crippen LogP contribution in [0.2, 0.25) is 0 Å².